The molecule has 0 bridgehead atoms. The van der Waals surface area contributed by atoms with E-state index in [1.54, 1.807) is 32.4 Å². The van der Waals surface area contributed by atoms with Gasteiger partial charge in [0.1, 0.15) is 5.82 Å². The Labute approximate surface area is 241 Å². The van der Waals surface area contributed by atoms with Crippen LogP contribution in [0.4, 0.5) is 0 Å². The van der Waals surface area contributed by atoms with Crippen molar-refractivity contribution in [2.75, 3.05) is 20.8 Å². The Morgan fingerprint density at radius 2 is 1.38 bits per heavy atom. The number of nitrogens with zero attached hydrogens (tertiary/aromatic N) is 2. The van der Waals surface area contributed by atoms with Crippen molar-refractivity contribution in [3.63, 3.8) is 0 Å². The van der Waals surface area contributed by atoms with Gasteiger partial charge in [-0.25, -0.2) is 4.98 Å². The van der Waals surface area contributed by atoms with Crippen molar-refractivity contribution in [2.24, 2.45) is 0 Å². The first-order chi connectivity index (χ1) is 19.7. The van der Waals surface area contributed by atoms with Crippen molar-refractivity contribution in [3.8, 4) is 11.5 Å². The number of para-hydroxylation sites is 2. The zero-order valence-electron chi connectivity index (χ0n) is 25.2. The molecule has 0 aliphatic carbocycles. The maximum atomic E-state index is 12.7. The van der Waals surface area contributed by atoms with Crippen LogP contribution in [0.3, 0.4) is 0 Å². The molecular formula is C34H51N3O3. The number of rotatable bonds is 21. The van der Waals surface area contributed by atoms with Crippen LogP contribution in [-0.4, -0.2) is 36.2 Å². The van der Waals surface area contributed by atoms with Gasteiger partial charge in [0.05, 0.1) is 25.3 Å². The van der Waals surface area contributed by atoms with Crippen LogP contribution in [0.2, 0.25) is 0 Å². The Bertz CT molecular complexity index is 1140. The van der Waals surface area contributed by atoms with Crippen LogP contribution < -0.4 is 14.8 Å². The summed E-state index contributed by atoms with van der Waals surface area (Å²) in [5.74, 6) is 2.06. The standard InChI is InChI=1S/C34H51N3O3/c1-4-5-6-7-8-9-10-11-12-13-14-15-16-19-26-37-30-21-18-17-20-29(30)36-33(37)24-25-35-34(38)28-22-23-31(39-2)32(27-28)40-3/h17-18,20-23,27H,4-16,19,24-26H2,1-3H3,(H,35,38). The maximum Gasteiger partial charge on any atom is 0.251 e. The van der Waals surface area contributed by atoms with Crippen LogP contribution in [0, 0.1) is 0 Å². The van der Waals surface area contributed by atoms with E-state index < -0.39 is 0 Å². The minimum Gasteiger partial charge on any atom is -0.493 e. The zero-order chi connectivity index (χ0) is 28.4. The quantitative estimate of drug-likeness (QED) is 0.135. The van der Waals surface area contributed by atoms with E-state index in [2.05, 4.69) is 35.0 Å². The van der Waals surface area contributed by atoms with E-state index >= 15 is 0 Å². The number of hydrogen-bond donors (Lipinski definition) is 1. The summed E-state index contributed by atoms with van der Waals surface area (Å²) in [5, 5.41) is 3.04. The number of ether oxygens (including phenoxy) is 2. The molecule has 3 aromatic rings. The Hall–Kier alpha value is -3.02. The molecule has 0 aliphatic heterocycles. The second-order valence-electron chi connectivity index (χ2n) is 10.8. The lowest BCUT2D eigenvalue weighted by molar-refractivity contribution is 0.0953. The summed E-state index contributed by atoms with van der Waals surface area (Å²) in [6.07, 6.45) is 19.7. The van der Waals surface area contributed by atoms with Gasteiger partial charge in [-0.1, -0.05) is 103 Å². The van der Waals surface area contributed by atoms with E-state index in [1.807, 2.05) is 6.07 Å². The van der Waals surface area contributed by atoms with Crippen molar-refractivity contribution >= 4 is 16.9 Å². The average molecular weight is 550 g/mol. The van der Waals surface area contributed by atoms with Crippen LogP contribution in [-0.2, 0) is 13.0 Å². The Balaban J connectivity index is 1.38. The maximum absolute atomic E-state index is 12.7. The molecule has 0 spiro atoms. The molecule has 1 N–H and O–H groups in total. The number of carbonyl (C=O) groups excluding carboxylic acids is 1. The van der Waals surface area contributed by atoms with E-state index in [1.165, 1.54) is 89.0 Å². The van der Waals surface area contributed by atoms with Gasteiger partial charge >= 0.3 is 0 Å². The van der Waals surface area contributed by atoms with Gasteiger partial charge in [-0.15, -0.1) is 0 Å². The van der Waals surface area contributed by atoms with Gasteiger partial charge < -0.3 is 19.4 Å². The third-order valence-corrected chi connectivity index (χ3v) is 7.75. The summed E-state index contributed by atoms with van der Waals surface area (Å²) in [4.78, 5) is 17.6. The number of benzene rings is 2. The minimum absolute atomic E-state index is 0.129. The molecule has 220 valence electrons. The average Bonchev–Trinajstić information content (AvgIpc) is 3.33. The van der Waals surface area contributed by atoms with Gasteiger partial charge in [0.2, 0.25) is 0 Å². The molecule has 2 aromatic carbocycles. The third kappa shape index (κ3) is 10.2. The van der Waals surface area contributed by atoms with Gasteiger partial charge in [-0.3, -0.25) is 4.79 Å². The summed E-state index contributed by atoms with van der Waals surface area (Å²) in [5.41, 5.74) is 2.75. The first-order valence-electron chi connectivity index (χ1n) is 15.6. The molecule has 40 heavy (non-hydrogen) atoms. The number of aromatic nitrogens is 2. The molecule has 1 heterocycles. The molecule has 1 amide bonds. The van der Waals surface area contributed by atoms with Crippen molar-refractivity contribution < 1.29 is 14.3 Å². The van der Waals surface area contributed by atoms with Crippen molar-refractivity contribution in [3.05, 3.63) is 53.9 Å². The highest BCUT2D eigenvalue weighted by molar-refractivity contribution is 5.94. The van der Waals surface area contributed by atoms with E-state index in [9.17, 15) is 4.79 Å². The molecule has 6 heteroatoms. The van der Waals surface area contributed by atoms with E-state index in [0.29, 0.717) is 30.0 Å². The molecule has 1 aromatic heterocycles. The number of aryl methyl sites for hydroxylation is 1. The minimum atomic E-state index is -0.129. The molecule has 0 fully saturated rings. The number of fused-ring (bicyclic) bond motifs is 1. The number of hydrogen-bond acceptors (Lipinski definition) is 4. The van der Waals surface area contributed by atoms with Crippen LogP contribution in [0.15, 0.2) is 42.5 Å². The van der Waals surface area contributed by atoms with E-state index in [4.69, 9.17) is 14.5 Å². The molecule has 0 aliphatic rings. The van der Waals surface area contributed by atoms with Crippen LogP contribution in [0.25, 0.3) is 11.0 Å². The summed E-state index contributed by atoms with van der Waals surface area (Å²) in [6.45, 7) is 3.78. The highest BCUT2D eigenvalue weighted by Crippen LogP contribution is 2.27. The third-order valence-electron chi connectivity index (χ3n) is 7.75. The zero-order valence-corrected chi connectivity index (χ0v) is 25.2. The Kier molecular flexibility index (Phi) is 14.5. The summed E-state index contributed by atoms with van der Waals surface area (Å²) in [6, 6.07) is 13.5. The number of nitrogens with one attached hydrogen (secondary N) is 1. The fourth-order valence-corrected chi connectivity index (χ4v) is 5.40. The lowest BCUT2D eigenvalue weighted by Crippen LogP contribution is -2.26. The number of amides is 1. The highest BCUT2D eigenvalue weighted by Gasteiger charge is 2.13. The molecule has 0 unspecified atom stereocenters. The van der Waals surface area contributed by atoms with Gasteiger partial charge in [0, 0.05) is 25.1 Å². The predicted octanol–water partition coefficient (Wildman–Crippen LogP) is 8.51. The first kappa shape index (κ1) is 31.5. The fourth-order valence-electron chi connectivity index (χ4n) is 5.40. The topological polar surface area (TPSA) is 65.4 Å². The number of unbranched alkanes of at least 4 members (excludes halogenated alkanes) is 13. The van der Waals surface area contributed by atoms with Crippen molar-refractivity contribution in [1.29, 1.82) is 0 Å². The van der Waals surface area contributed by atoms with Crippen LogP contribution in [0.1, 0.15) is 113 Å². The largest absolute Gasteiger partial charge is 0.493 e. The van der Waals surface area contributed by atoms with E-state index in [-0.39, 0.29) is 5.91 Å². The molecular weight excluding hydrogens is 498 g/mol. The summed E-state index contributed by atoms with van der Waals surface area (Å²) in [7, 11) is 3.16. The summed E-state index contributed by atoms with van der Waals surface area (Å²) >= 11 is 0. The Morgan fingerprint density at radius 3 is 2.00 bits per heavy atom. The fraction of sp³-hybridized carbons (Fsp3) is 0.588. The molecule has 6 nitrogen and oxygen atoms in total. The van der Waals surface area contributed by atoms with Gasteiger partial charge in [-0.05, 0) is 36.8 Å². The SMILES string of the molecule is CCCCCCCCCCCCCCCCn1c(CCNC(=O)c2ccc(OC)c(OC)c2)nc2ccccc21. The van der Waals surface area contributed by atoms with E-state index in [0.717, 1.165) is 24.3 Å². The van der Waals surface area contributed by atoms with Gasteiger partial charge in [0.15, 0.2) is 11.5 Å². The molecule has 0 saturated carbocycles. The smallest absolute Gasteiger partial charge is 0.251 e. The molecule has 3 rings (SSSR count). The van der Waals surface area contributed by atoms with Crippen LogP contribution >= 0.6 is 0 Å². The number of carbonyl (C=O) groups is 1. The van der Waals surface area contributed by atoms with Crippen molar-refractivity contribution in [1.82, 2.24) is 14.9 Å². The molecule has 0 saturated heterocycles. The van der Waals surface area contributed by atoms with Gasteiger partial charge in [0.25, 0.3) is 5.91 Å². The second-order valence-corrected chi connectivity index (χ2v) is 10.8. The van der Waals surface area contributed by atoms with Crippen LogP contribution in [0.5, 0.6) is 11.5 Å². The molecule has 0 radical (unpaired) electrons. The lowest BCUT2D eigenvalue weighted by atomic mass is 10.0. The lowest BCUT2D eigenvalue weighted by Gasteiger charge is -2.11. The predicted molar refractivity (Wildman–Crippen MR) is 166 cm³/mol. The summed E-state index contributed by atoms with van der Waals surface area (Å²) < 4.78 is 13.0. The Morgan fingerprint density at radius 1 is 0.775 bits per heavy atom. The van der Waals surface area contributed by atoms with Crippen molar-refractivity contribution in [2.45, 2.75) is 110 Å². The monoisotopic (exact) mass is 549 g/mol. The van der Waals surface area contributed by atoms with Gasteiger partial charge in [-0.2, -0.15) is 0 Å². The highest BCUT2D eigenvalue weighted by atomic mass is 16.5. The normalized spacial score (nSPS) is 11.2. The first-order valence-corrected chi connectivity index (χ1v) is 15.6. The second kappa shape index (κ2) is 18.4. The number of methoxy groups -OCH3 is 2. The number of imidazole rings is 1. The molecule has 0 atom stereocenters.